The number of nitrogens with zero attached hydrogens (tertiary/aromatic N) is 2. The van der Waals surface area contributed by atoms with Crippen molar-refractivity contribution in [2.24, 2.45) is 0 Å². The van der Waals surface area contributed by atoms with Gasteiger partial charge in [0.2, 0.25) is 5.91 Å². The van der Waals surface area contributed by atoms with E-state index in [2.05, 4.69) is 23.6 Å². The van der Waals surface area contributed by atoms with Crippen molar-refractivity contribution >= 4 is 23.2 Å². The van der Waals surface area contributed by atoms with E-state index in [0.717, 1.165) is 18.4 Å². The fraction of sp³-hybridized carbons (Fsp3) is 0.333. The second-order valence-electron chi connectivity index (χ2n) is 8.34. The fourth-order valence-electron chi connectivity index (χ4n) is 4.44. The molecular weight excluding hydrogens is 432 g/mol. The van der Waals surface area contributed by atoms with Crippen LogP contribution in [0.2, 0.25) is 0 Å². The highest BCUT2D eigenvalue weighted by Crippen LogP contribution is 2.38. The lowest BCUT2D eigenvalue weighted by Gasteiger charge is -2.38. The summed E-state index contributed by atoms with van der Waals surface area (Å²) in [4.78, 5) is 32.2. The van der Waals surface area contributed by atoms with E-state index in [1.807, 2.05) is 49.1 Å². The Labute approximate surface area is 199 Å². The summed E-state index contributed by atoms with van der Waals surface area (Å²) in [6.07, 6.45) is 1.59. The first-order chi connectivity index (χ1) is 16.0. The number of hydrogen-bond donors (Lipinski definition) is 0. The molecular formula is C27H30N2O3S. The Morgan fingerprint density at radius 1 is 1.12 bits per heavy atom. The number of para-hydroxylation sites is 1. The molecule has 2 unspecified atom stereocenters. The third kappa shape index (κ3) is 4.67. The minimum absolute atomic E-state index is 0.0364. The molecule has 172 valence electrons. The molecule has 2 atom stereocenters. The first kappa shape index (κ1) is 23.1. The zero-order chi connectivity index (χ0) is 23.4. The number of methoxy groups -OCH3 is 1. The Kier molecular flexibility index (Phi) is 7.14. The largest absolute Gasteiger partial charge is 0.496 e. The van der Waals surface area contributed by atoms with Gasteiger partial charge in [0.05, 0.1) is 18.7 Å². The van der Waals surface area contributed by atoms with Gasteiger partial charge in [0.1, 0.15) is 12.3 Å². The molecule has 3 aromatic rings. The summed E-state index contributed by atoms with van der Waals surface area (Å²) in [6, 6.07) is 19.3. The van der Waals surface area contributed by atoms with Crippen molar-refractivity contribution in [1.82, 2.24) is 9.80 Å². The number of fused-ring (bicyclic) bond motifs is 1. The molecule has 0 N–H and O–H groups in total. The topological polar surface area (TPSA) is 49.9 Å². The molecule has 5 nitrogen and oxygen atoms in total. The minimum Gasteiger partial charge on any atom is -0.496 e. The highest BCUT2D eigenvalue weighted by atomic mass is 32.1. The zero-order valence-electron chi connectivity index (χ0n) is 19.4. The Morgan fingerprint density at radius 3 is 2.58 bits per heavy atom. The van der Waals surface area contributed by atoms with Gasteiger partial charge in [-0.25, -0.2) is 0 Å². The molecule has 0 fully saturated rings. The normalized spacial score (nSPS) is 16.1. The minimum atomic E-state index is -0.181. The van der Waals surface area contributed by atoms with E-state index in [0.29, 0.717) is 17.9 Å². The molecule has 0 saturated heterocycles. The van der Waals surface area contributed by atoms with Gasteiger partial charge >= 0.3 is 0 Å². The molecule has 0 aliphatic carbocycles. The van der Waals surface area contributed by atoms with E-state index in [1.54, 1.807) is 35.5 Å². The number of ether oxygens (including phenoxy) is 1. The van der Waals surface area contributed by atoms with Crippen LogP contribution in [0.4, 0.5) is 0 Å². The van der Waals surface area contributed by atoms with Crippen LogP contribution < -0.4 is 4.74 Å². The quantitative estimate of drug-likeness (QED) is 0.487. The molecule has 2 aromatic carbocycles. The van der Waals surface area contributed by atoms with Crippen LogP contribution in [0, 0.1) is 0 Å². The van der Waals surface area contributed by atoms with Gasteiger partial charge in [-0.05, 0) is 54.5 Å². The molecule has 1 aromatic heterocycles. The average Bonchev–Trinajstić information content (AvgIpc) is 3.35. The molecule has 33 heavy (non-hydrogen) atoms. The summed E-state index contributed by atoms with van der Waals surface area (Å²) in [5.41, 5.74) is 2.76. The van der Waals surface area contributed by atoms with Gasteiger partial charge in [0.15, 0.2) is 0 Å². The van der Waals surface area contributed by atoms with Crippen molar-refractivity contribution in [3.63, 3.8) is 0 Å². The van der Waals surface area contributed by atoms with E-state index in [4.69, 9.17) is 4.74 Å². The number of carbonyl (C=O) groups excluding carboxylic acids is 2. The Hall–Kier alpha value is -3.12. The smallest absolute Gasteiger partial charge is 0.258 e. The van der Waals surface area contributed by atoms with Gasteiger partial charge in [0.25, 0.3) is 5.91 Å². The van der Waals surface area contributed by atoms with Gasteiger partial charge in [-0.1, -0.05) is 49.4 Å². The van der Waals surface area contributed by atoms with Crippen molar-refractivity contribution in [3.8, 4) is 5.75 Å². The Bertz CT molecular complexity index is 1110. The average molecular weight is 463 g/mol. The van der Waals surface area contributed by atoms with Gasteiger partial charge in [-0.15, -0.1) is 11.3 Å². The van der Waals surface area contributed by atoms with Gasteiger partial charge in [-0.2, -0.15) is 0 Å². The van der Waals surface area contributed by atoms with E-state index >= 15 is 0 Å². The summed E-state index contributed by atoms with van der Waals surface area (Å²) in [7, 11) is 1.56. The Balaban J connectivity index is 1.64. The lowest BCUT2D eigenvalue weighted by atomic mass is 9.93. The lowest BCUT2D eigenvalue weighted by molar-refractivity contribution is -0.134. The van der Waals surface area contributed by atoms with Crippen LogP contribution in [0.25, 0.3) is 0 Å². The molecule has 4 rings (SSSR count). The summed E-state index contributed by atoms with van der Waals surface area (Å²) < 4.78 is 5.41. The van der Waals surface area contributed by atoms with Crippen LogP contribution in [-0.4, -0.2) is 47.9 Å². The number of rotatable bonds is 7. The maximum absolute atomic E-state index is 13.7. The van der Waals surface area contributed by atoms with Crippen molar-refractivity contribution in [1.29, 1.82) is 0 Å². The van der Waals surface area contributed by atoms with Crippen LogP contribution in [0.5, 0.6) is 5.75 Å². The maximum atomic E-state index is 13.7. The number of amides is 2. The molecule has 0 saturated carbocycles. The highest BCUT2D eigenvalue weighted by molar-refractivity contribution is 7.10. The van der Waals surface area contributed by atoms with Gasteiger partial charge in [0, 0.05) is 17.5 Å². The standard InChI is InChI=1S/C27H30N2O3S/c1-4-19(2)29(27(31)21-12-8-9-13-23(21)32-3)18-25(30)28-16-14-24-22(15-17-33-24)26(28)20-10-6-5-7-11-20/h5-13,15,17,19,26H,4,14,16,18H2,1-3H3. The third-order valence-electron chi connectivity index (χ3n) is 6.43. The van der Waals surface area contributed by atoms with Crippen molar-refractivity contribution in [3.05, 3.63) is 87.6 Å². The van der Waals surface area contributed by atoms with Crippen molar-refractivity contribution in [2.75, 3.05) is 20.2 Å². The summed E-state index contributed by atoms with van der Waals surface area (Å²) in [5, 5.41) is 2.10. The third-order valence-corrected chi connectivity index (χ3v) is 7.42. The monoisotopic (exact) mass is 462 g/mol. The molecule has 1 aliphatic rings. The molecule has 0 spiro atoms. The van der Waals surface area contributed by atoms with E-state index in [-0.39, 0.29) is 30.4 Å². The van der Waals surface area contributed by atoms with Crippen LogP contribution in [0.15, 0.2) is 66.0 Å². The molecule has 6 heteroatoms. The molecule has 2 amide bonds. The number of hydrogen-bond acceptors (Lipinski definition) is 4. The van der Waals surface area contributed by atoms with E-state index in [1.165, 1.54) is 10.4 Å². The Morgan fingerprint density at radius 2 is 1.85 bits per heavy atom. The summed E-state index contributed by atoms with van der Waals surface area (Å²) >= 11 is 1.75. The molecule has 1 aliphatic heterocycles. The van der Waals surface area contributed by atoms with Crippen LogP contribution in [-0.2, 0) is 11.2 Å². The maximum Gasteiger partial charge on any atom is 0.258 e. The zero-order valence-corrected chi connectivity index (χ0v) is 20.2. The molecule has 2 heterocycles. The van der Waals surface area contributed by atoms with Crippen molar-refractivity contribution in [2.45, 2.75) is 38.8 Å². The van der Waals surface area contributed by atoms with E-state index in [9.17, 15) is 9.59 Å². The van der Waals surface area contributed by atoms with Crippen molar-refractivity contribution < 1.29 is 14.3 Å². The highest BCUT2D eigenvalue weighted by Gasteiger charge is 2.35. The fourth-order valence-corrected chi connectivity index (χ4v) is 5.34. The van der Waals surface area contributed by atoms with Gasteiger partial charge < -0.3 is 14.5 Å². The van der Waals surface area contributed by atoms with Crippen LogP contribution in [0.3, 0.4) is 0 Å². The first-order valence-electron chi connectivity index (χ1n) is 11.4. The van der Waals surface area contributed by atoms with Crippen LogP contribution in [0.1, 0.15) is 52.7 Å². The van der Waals surface area contributed by atoms with E-state index < -0.39 is 0 Å². The number of carbonyl (C=O) groups is 2. The molecule has 0 radical (unpaired) electrons. The SMILES string of the molecule is CCC(C)N(CC(=O)N1CCc2sccc2C1c1ccccc1)C(=O)c1ccccc1OC. The predicted molar refractivity (Wildman–Crippen MR) is 132 cm³/mol. The summed E-state index contributed by atoms with van der Waals surface area (Å²) in [5.74, 6) is 0.301. The summed E-state index contributed by atoms with van der Waals surface area (Å²) in [6.45, 7) is 4.70. The second kappa shape index (κ2) is 10.2. The van der Waals surface area contributed by atoms with Gasteiger partial charge in [-0.3, -0.25) is 9.59 Å². The first-order valence-corrected chi connectivity index (χ1v) is 12.3. The predicted octanol–water partition coefficient (Wildman–Crippen LogP) is 5.17. The number of benzene rings is 2. The lowest BCUT2D eigenvalue weighted by Crippen LogP contribution is -2.49. The number of thiophene rings is 1. The molecule has 0 bridgehead atoms. The van der Waals surface area contributed by atoms with Crippen LogP contribution >= 0.6 is 11.3 Å². The second-order valence-corrected chi connectivity index (χ2v) is 9.34.